The van der Waals surface area contributed by atoms with Crippen molar-refractivity contribution in [2.45, 2.75) is 79.8 Å². The highest BCUT2D eigenvalue weighted by Gasteiger charge is 2.61. The van der Waals surface area contributed by atoms with Gasteiger partial charge in [-0.1, -0.05) is 44.1 Å². The Bertz CT molecular complexity index is 472. The second-order valence-electron chi connectivity index (χ2n) is 9.04. The van der Waals surface area contributed by atoms with Crippen LogP contribution >= 0.6 is 0 Å². The van der Waals surface area contributed by atoms with Crippen LogP contribution in [0, 0.1) is 16.7 Å². The minimum Gasteiger partial charge on any atom is -0.376 e. The van der Waals surface area contributed by atoms with Crippen LogP contribution in [0.4, 0.5) is 0 Å². The molecule has 3 atom stereocenters. The maximum atomic E-state index is 6.28. The van der Waals surface area contributed by atoms with Crippen LogP contribution in [0.2, 0.25) is 0 Å². The van der Waals surface area contributed by atoms with Crippen molar-refractivity contribution in [1.29, 1.82) is 0 Å². The fourth-order valence-corrected chi connectivity index (χ4v) is 4.69. The molecule has 0 heterocycles. The predicted molar refractivity (Wildman–Crippen MR) is 104 cm³/mol. The van der Waals surface area contributed by atoms with Gasteiger partial charge in [0.25, 0.3) is 0 Å². The maximum Gasteiger partial charge on any atom is 0.0637 e. The number of nitrogens with one attached hydrogen (secondary N) is 1. The number of hydrogen-bond acceptors (Lipinski definition) is 2. The molecule has 138 valence electrons. The number of ether oxygens (including phenoxy) is 1. The van der Waals surface area contributed by atoms with E-state index in [9.17, 15) is 0 Å². The lowest BCUT2D eigenvalue weighted by atomic mass is 9.70. The minimum atomic E-state index is 0.388. The molecule has 24 heavy (non-hydrogen) atoms. The largest absolute Gasteiger partial charge is 0.376 e. The molecule has 0 amide bonds. The van der Waals surface area contributed by atoms with Crippen molar-refractivity contribution in [2.75, 3.05) is 19.7 Å². The van der Waals surface area contributed by atoms with Crippen LogP contribution in [0.1, 0.15) is 73.6 Å². The molecule has 0 aromatic heterocycles. The monoisotopic (exact) mass is 333 g/mol. The van der Waals surface area contributed by atoms with Gasteiger partial charge in [0.1, 0.15) is 0 Å². The van der Waals surface area contributed by atoms with Crippen molar-refractivity contribution < 1.29 is 4.74 Å². The molecule has 2 heteroatoms. The Morgan fingerprint density at radius 3 is 2.50 bits per heavy atom. The Hall–Kier alpha value is -0.600. The van der Waals surface area contributed by atoms with Gasteiger partial charge >= 0.3 is 0 Å². The molecular weight excluding hydrogens is 294 g/mol. The third-order valence-electron chi connectivity index (χ3n) is 7.00. The Kier molecular flexibility index (Phi) is 6.73. The first-order chi connectivity index (χ1) is 11.3. The molecule has 2 fully saturated rings. The standard InChI is InChI=1S/C22H39NO/c1-17(2)8-7-9-18(3)11-13-23-14-15-24-20-16-19-10-12-22(20,6)21(19,4)5/h8,11,19-20,23H,7,9-10,12-16H2,1-6H3/b18-11+/t19-,20+,22+/m0/s1. The summed E-state index contributed by atoms with van der Waals surface area (Å²) in [5, 5.41) is 3.50. The van der Waals surface area contributed by atoms with Crippen molar-refractivity contribution in [3.05, 3.63) is 23.3 Å². The zero-order valence-electron chi connectivity index (χ0n) is 16.9. The van der Waals surface area contributed by atoms with Gasteiger partial charge in [0.05, 0.1) is 12.7 Å². The quantitative estimate of drug-likeness (QED) is 0.444. The van der Waals surface area contributed by atoms with Gasteiger partial charge in [0.2, 0.25) is 0 Å². The lowest BCUT2D eigenvalue weighted by molar-refractivity contribution is -0.0448. The Morgan fingerprint density at radius 2 is 1.92 bits per heavy atom. The summed E-state index contributed by atoms with van der Waals surface area (Å²) in [4.78, 5) is 0. The fourth-order valence-electron chi connectivity index (χ4n) is 4.69. The molecule has 0 saturated heterocycles. The van der Waals surface area contributed by atoms with Gasteiger partial charge in [-0.25, -0.2) is 0 Å². The van der Waals surface area contributed by atoms with Crippen LogP contribution in [0.15, 0.2) is 23.3 Å². The predicted octanol–water partition coefficient (Wildman–Crippen LogP) is 5.50. The van der Waals surface area contributed by atoms with Gasteiger partial charge in [-0.2, -0.15) is 0 Å². The highest BCUT2D eigenvalue weighted by Crippen LogP contribution is 2.66. The lowest BCUT2D eigenvalue weighted by Crippen LogP contribution is -2.38. The molecule has 2 aliphatic carbocycles. The van der Waals surface area contributed by atoms with E-state index in [1.54, 1.807) is 0 Å². The van der Waals surface area contributed by atoms with E-state index >= 15 is 0 Å². The van der Waals surface area contributed by atoms with Gasteiger partial charge in [-0.3, -0.25) is 0 Å². The van der Waals surface area contributed by atoms with E-state index in [4.69, 9.17) is 4.74 Å². The molecule has 0 aliphatic heterocycles. The van der Waals surface area contributed by atoms with Crippen LogP contribution in [0.5, 0.6) is 0 Å². The molecule has 0 unspecified atom stereocenters. The van der Waals surface area contributed by atoms with Crippen LogP contribution in [-0.4, -0.2) is 25.8 Å². The average Bonchev–Trinajstić information content (AvgIpc) is 2.83. The summed E-state index contributed by atoms with van der Waals surface area (Å²) in [5.74, 6) is 0.867. The van der Waals surface area contributed by atoms with Gasteiger partial charge in [0.15, 0.2) is 0 Å². The first-order valence-electron chi connectivity index (χ1n) is 9.88. The summed E-state index contributed by atoms with van der Waals surface area (Å²) in [6.07, 6.45) is 11.4. The highest BCUT2D eigenvalue weighted by molar-refractivity contribution is 5.11. The van der Waals surface area contributed by atoms with Crippen molar-refractivity contribution in [3.8, 4) is 0 Å². The first kappa shape index (κ1) is 19.7. The zero-order chi connectivity index (χ0) is 17.8. The molecule has 2 rings (SSSR count). The van der Waals surface area contributed by atoms with Gasteiger partial charge < -0.3 is 10.1 Å². The summed E-state index contributed by atoms with van der Waals surface area (Å²) in [6, 6.07) is 0. The minimum absolute atomic E-state index is 0.388. The topological polar surface area (TPSA) is 21.3 Å². The number of rotatable bonds is 9. The molecule has 2 bridgehead atoms. The summed E-state index contributed by atoms with van der Waals surface area (Å²) >= 11 is 0. The van der Waals surface area contributed by atoms with E-state index in [2.05, 4.69) is 59.0 Å². The normalized spacial score (nSPS) is 31.5. The third-order valence-corrected chi connectivity index (χ3v) is 7.00. The number of allylic oxidation sites excluding steroid dienone is 3. The second-order valence-corrected chi connectivity index (χ2v) is 9.04. The van der Waals surface area contributed by atoms with Crippen molar-refractivity contribution in [2.24, 2.45) is 16.7 Å². The summed E-state index contributed by atoms with van der Waals surface area (Å²) in [5.41, 5.74) is 3.73. The Balaban J connectivity index is 1.60. The number of fused-ring (bicyclic) bond motifs is 2. The van der Waals surface area contributed by atoms with E-state index in [1.165, 1.54) is 36.8 Å². The molecular formula is C22H39NO. The molecule has 0 spiro atoms. The van der Waals surface area contributed by atoms with E-state index < -0.39 is 0 Å². The molecule has 0 aromatic carbocycles. The van der Waals surface area contributed by atoms with Crippen LogP contribution in [0.3, 0.4) is 0 Å². The highest BCUT2D eigenvalue weighted by atomic mass is 16.5. The molecule has 2 aliphatic rings. The molecule has 2 nitrogen and oxygen atoms in total. The smallest absolute Gasteiger partial charge is 0.0637 e. The average molecular weight is 334 g/mol. The van der Waals surface area contributed by atoms with Crippen molar-refractivity contribution in [1.82, 2.24) is 5.32 Å². The molecule has 0 radical (unpaired) electrons. The van der Waals surface area contributed by atoms with E-state index in [0.29, 0.717) is 16.9 Å². The Labute approximate surface area is 150 Å². The SMILES string of the molecule is CC(C)=CCC/C(C)=C/CNCCO[C@@H]1C[C@@H]2CC[C@@]1(C)C2(C)C. The van der Waals surface area contributed by atoms with E-state index in [-0.39, 0.29) is 0 Å². The fraction of sp³-hybridized carbons (Fsp3) is 0.818. The molecule has 1 N–H and O–H groups in total. The van der Waals surface area contributed by atoms with Crippen molar-refractivity contribution in [3.63, 3.8) is 0 Å². The van der Waals surface area contributed by atoms with Gasteiger partial charge in [-0.15, -0.1) is 0 Å². The summed E-state index contributed by atoms with van der Waals surface area (Å²) in [7, 11) is 0. The maximum absolute atomic E-state index is 6.28. The van der Waals surface area contributed by atoms with Crippen molar-refractivity contribution >= 4 is 0 Å². The van der Waals surface area contributed by atoms with Gasteiger partial charge in [-0.05, 0) is 69.6 Å². The molecule has 2 saturated carbocycles. The van der Waals surface area contributed by atoms with E-state index in [1.807, 2.05) is 0 Å². The first-order valence-corrected chi connectivity index (χ1v) is 9.88. The van der Waals surface area contributed by atoms with Crippen LogP contribution in [-0.2, 0) is 4.74 Å². The van der Waals surface area contributed by atoms with Gasteiger partial charge in [0, 0.05) is 13.1 Å². The molecule has 0 aromatic rings. The second kappa shape index (κ2) is 8.19. The summed E-state index contributed by atoms with van der Waals surface area (Å²) in [6.45, 7) is 16.7. The lowest BCUT2D eigenvalue weighted by Gasteiger charge is -2.38. The third kappa shape index (κ3) is 4.32. The zero-order valence-corrected chi connectivity index (χ0v) is 16.9. The number of hydrogen-bond donors (Lipinski definition) is 1. The van der Waals surface area contributed by atoms with Crippen LogP contribution < -0.4 is 5.32 Å². The Morgan fingerprint density at radius 1 is 1.17 bits per heavy atom. The van der Waals surface area contributed by atoms with Crippen LogP contribution in [0.25, 0.3) is 0 Å². The summed E-state index contributed by atoms with van der Waals surface area (Å²) < 4.78 is 6.28. The van der Waals surface area contributed by atoms with E-state index in [0.717, 1.165) is 32.0 Å².